The van der Waals surface area contributed by atoms with Gasteiger partial charge in [0.15, 0.2) is 0 Å². The number of rotatable bonds is 6. The fraction of sp³-hybridized carbons (Fsp3) is 0.438. The van der Waals surface area contributed by atoms with Gasteiger partial charge in [-0.05, 0) is 43.5 Å². The zero-order chi connectivity index (χ0) is 14.5. The van der Waals surface area contributed by atoms with Crippen molar-refractivity contribution in [2.75, 3.05) is 6.54 Å². The molecule has 0 unspecified atom stereocenters. The largest absolute Gasteiger partial charge is 0.358 e. The van der Waals surface area contributed by atoms with Crippen LogP contribution in [0.2, 0.25) is 5.02 Å². The van der Waals surface area contributed by atoms with E-state index in [4.69, 9.17) is 11.6 Å². The summed E-state index contributed by atoms with van der Waals surface area (Å²) in [5, 5.41) is 4.87. The fourth-order valence-electron chi connectivity index (χ4n) is 2.43. The molecule has 2 aromatic rings. The number of aromatic nitrogens is 1. The number of hydrogen-bond donors (Lipinski definition) is 2. The van der Waals surface area contributed by atoms with Crippen LogP contribution < -0.4 is 5.32 Å². The summed E-state index contributed by atoms with van der Waals surface area (Å²) >= 11 is 6.06. The summed E-state index contributed by atoms with van der Waals surface area (Å²) in [5.74, 6) is 0.141. The Hall–Kier alpha value is -1.48. The van der Waals surface area contributed by atoms with Crippen molar-refractivity contribution in [1.29, 1.82) is 0 Å². The van der Waals surface area contributed by atoms with E-state index < -0.39 is 0 Å². The molecule has 0 spiro atoms. The predicted octanol–water partition coefficient (Wildman–Crippen LogP) is 3.98. The van der Waals surface area contributed by atoms with Crippen molar-refractivity contribution >= 4 is 28.4 Å². The molecule has 0 aliphatic rings. The Bertz CT molecular complexity index is 604. The molecule has 0 atom stereocenters. The molecule has 0 saturated heterocycles. The lowest BCUT2D eigenvalue weighted by Crippen LogP contribution is -2.25. The lowest BCUT2D eigenvalue weighted by molar-refractivity contribution is -0.121. The number of carbonyl (C=O) groups excluding carboxylic acids is 1. The van der Waals surface area contributed by atoms with Crippen molar-refractivity contribution in [3.05, 3.63) is 34.5 Å². The monoisotopic (exact) mass is 292 g/mol. The Kier molecular flexibility index (Phi) is 5.07. The number of carbonyl (C=O) groups is 1. The molecule has 20 heavy (non-hydrogen) atoms. The minimum absolute atomic E-state index is 0.141. The molecule has 0 aliphatic heterocycles. The number of amides is 1. The molecule has 1 aromatic carbocycles. The normalized spacial score (nSPS) is 10.9. The van der Waals surface area contributed by atoms with Crippen LogP contribution in [0, 0.1) is 6.92 Å². The number of aromatic amines is 1. The van der Waals surface area contributed by atoms with Crippen LogP contribution in [0.5, 0.6) is 0 Å². The van der Waals surface area contributed by atoms with Gasteiger partial charge in [-0.15, -0.1) is 0 Å². The summed E-state index contributed by atoms with van der Waals surface area (Å²) in [4.78, 5) is 14.9. The first-order chi connectivity index (χ1) is 9.61. The van der Waals surface area contributed by atoms with Crippen LogP contribution >= 0.6 is 11.6 Å². The van der Waals surface area contributed by atoms with Gasteiger partial charge in [0, 0.05) is 34.6 Å². The van der Waals surface area contributed by atoms with E-state index in [1.54, 1.807) is 0 Å². The van der Waals surface area contributed by atoms with Crippen molar-refractivity contribution in [3.8, 4) is 0 Å². The fourth-order valence-corrected chi connectivity index (χ4v) is 2.60. The second-order valence-electron chi connectivity index (χ2n) is 5.12. The van der Waals surface area contributed by atoms with Gasteiger partial charge >= 0.3 is 0 Å². The number of fused-ring (bicyclic) bond motifs is 1. The van der Waals surface area contributed by atoms with Crippen molar-refractivity contribution < 1.29 is 4.79 Å². The molecule has 4 heteroatoms. The average Bonchev–Trinajstić information content (AvgIpc) is 2.72. The molecule has 2 N–H and O–H groups in total. The SMILES string of the molecule is CCCCC(=O)NCCc1c(C)[nH]c2ccc(Cl)cc12. The van der Waals surface area contributed by atoms with Crippen LogP contribution in [-0.2, 0) is 11.2 Å². The van der Waals surface area contributed by atoms with E-state index in [2.05, 4.69) is 24.1 Å². The second-order valence-corrected chi connectivity index (χ2v) is 5.56. The topological polar surface area (TPSA) is 44.9 Å². The molecule has 0 radical (unpaired) electrons. The van der Waals surface area contributed by atoms with Gasteiger partial charge < -0.3 is 10.3 Å². The number of H-pyrrole nitrogens is 1. The minimum atomic E-state index is 0.141. The third-order valence-corrected chi connectivity index (χ3v) is 3.77. The van der Waals surface area contributed by atoms with Gasteiger partial charge in [0.25, 0.3) is 0 Å². The number of hydrogen-bond acceptors (Lipinski definition) is 1. The Morgan fingerprint density at radius 3 is 2.95 bits per heavy atom. The Morgan fingerprint density at radius 2 is 2.20 bits per heavy atom. The summed E-state index contributed by atoms with van der Waals surface area (Å²) in [6, 6.07) is 5.86. The summed E-state index contributed by atoms with van der Waals surface area (Å²) < 4.78 is 0. The molecular formula is C16H21ClN2O. The van der Waals surface area contributed by atoms with Crippen molar-refractivity contribution in [2.24, 2.45) is 0 Å². The van der Waals surface area contributed by atoms with Crippen LogP contribution in [0.3, 0.4) is 0 Å². The van der Waals surface area contributed by atoms with Gasteiger partial charge in [-0.1, -0.05) is 24.9 Å². The zero-order valence-corrected chi connectivity index (χ0v) is 12.8. The summed E-state index contributed by atoms with van der Waals surface area (Å²) in [7, 11) is 0. The number of nitrogens with one attached hydrogen (secondary N) is 2. The first-order valence-electron chi connectivity index (χ1n) is 7.15. The quantitative estimate of drug-likeness (QED) is 0.831. The smallest absolute Gasteiger partial charge is 0.220 e. The molecule has 1 amide bonds. The molecule has 0 bridgehead atoms. The van der Waals surface area contributed by atoms with E-state index in [-0.39, 0.29) is 5.91 Å². The van der Waals surface area contributed by atoms with Gasteiger partial charge in [-0.25, -0.2) is 0 Å². The highest BCUT2D eigenvalue weighted by Gasteiger charge is 2.09. The first-order valence-corrected chi connectivity index (χ1v) is 7.53. The van der Waals surface area contributed by atoms with Crippen LogP contribution in [0.4, 0.5) is 0 Å². The first kappa shape index (κ1) is 14.9. The van der Waals surface area contributed by atoms with Gasteiger partial charge in [-0.3, -0.25) is 4.79 Å². The lowest BCUT2D eigenvalue weighted by Gasteiger charge is -2.05. The van der Waals surface area contributed by atoms with Gasteiger partial charge in [0.05, 0.1) is 0 Å². The third-order valence-electron chi connectivity index (χ3n) is 3.54. The molecule has 1 heterocycles. The highest BCUT2D eigenvalue weighted by molar-refractivity contribution is 6.31. The number of halogens is 1. The highest BCUT2D eigenvalue weighted by atomic mass is 35.5. The Morgan fingerprint density at radius 1 is 1.40 bits per heavy atom. The van der Waals surface area contributed by atoms with Gasteiger partial charge in [-0.2, -0.15) is 0 Å². The lowest BCUT2D eigenvalue weighted by atomic mass is 10.1. The predicted molar refractivity (Wildman–Crippen MR) is 84.3 cm³/mol. The van der Waals surface area contributed by atoms with E-state index >= 15 is 0 Å². The maximum absolute atomic E-state index is 11.6. The highest BCUT2D eigenvalue weighted by Crippen LogP contribution is 2.25. The number of benzene rings is 1. The van der Waals surface area contributed by atoms with Crippen molar-refractivity contribution in [2.45, 2.75) is 39.5 Å². The number of unbranched alkanes of at least 4 members (excludes halogenated alkanes) is 1. The summed E-state index contributed by atoms with van der Waals surface area (Å²) in [6.45, 7) is 4.82. The zero-order valence-electron chi connectivity index (χ0n) is 12.1. The summed E-state index contributed by atoms with van der Waals surface area (Å²) in [5.41, 5.74) is 3.47. The molecule has 3 nitrogen and oxygen atoms in total. The minimum Gasteiger partial charge on any atom is -0.358 e. The van der Waals surface area contributed by atoms with E-state index in [0.29, 0.717) is 13.0 Å². The van der Waals surface area contributed by atoms with Crippen molar-refractivity contribution in [3.63, 3.8) is 0 Å². The molecule has 108 valence electrons. The van der Waals surface area contributed by atoms with Crippen LogP contribution in [0.25, 0.3) is 10.9 Å². The second kappa shape index (κ2) is 6.80. The maximum atomic E-state index is 11.6. The van der Waals surface area contributed by atoms with E-state index in [1.165, 1.54) is 5.56 Å². The van der Waals surface area contributed by atoms with Crippen LogP contribution in [-0.4, -0.2) is 17.4 Å². The number of aryl methyl sites for hydroxylation is 1. The van der Waals surface area contributed by atoms with Crippen LogP contribution in [0.1, 0.15) is 37.4 Å². The average molecular weight is 293 g/mol. The maximum Gasteiger partial charge on any atom is 0.220 e. The van der Waals surface area contributed by atoms with E-state index in [0.717, 1.165) is 40.9 Å². The molecular weight excluding hydrogens is 272 g/mol. The molecule has 2 rings (SSSR count). The summed E-state index contributed by atoms with van der Waals surface area (Å²) in [6.07, 6.45) is 3.44. The van der Waals surface area contributed by atoms with E-state index in [9.17, 15) is 4.79 Å². The third kappa shape index (κ3) is 3.54. The molecule has 0 saturated carbocycles. The van der Waals surface area contributed by atoms with Crippen LogP contribution in [0.15, 0.2) is 18.2 Å². The van der Waals surface area contributed by atoms with Crippen molar-refractivity contribution in [1.82, 2.24) is 10.3 Å². The van der Waals surface area contributed by atoms with Gasteiger partial charge in [0.1, 0.15) is 0 Å². The van der Waals surface area contributed by atoms with E-state index in [1.807, 2.05) is 18.2 Å². The molecule has 1 aromatic heterocycles. The van der Waals surface area contributed by atoms with Gasteiger partial charge in [0.2, 0.25) is 5.91 Å². The Balaban J connectivity index is 2.01. The standard InChI is InChI=1S/C16H21ClN2O/c1-3-4-5-16(20)18-9-8-13-11(2)19-15-7-6-12(17)10-14(13)15/h6-7,10,19H,3-5,8-9H2,1-2H3,(H,18,20). The Labute approximate surface area is 124 Å². The molecule has 0 fully saturated rings. The molecule has 0 aliphatic carbocycles.